The van der Waals surface area contributed by atoms with E-state index >= 15 is 0 Å². The van der Waals surface area contributed by atoms with Crippen LogP contribution >= 0.6 is 0 Å². The highest BCUT2D eigenvalue weighted by atomic mass is 16.1. The van der Waals surface area contributed by atoms with Gasteiger partial charge >= 0.3 is 0 Å². The lowest BCUT2D eigenvalue weighted by Gasteiger charge is -2.04. The number of benzene rings is 7. The number of Topliss-reactive ketones (excluding diaryl/α,β-unsaturated/α-hetero) is 1. The van der Waals surface area contributed by atoms with E-state index in [1.807, 2.05) is 42.6 Å². The lowest BCUT2D eigenvalue weighted by Crippen LogP contribution is -1.91. The van der Waals surface area contributed by atoms with E-state index in [9.17, 15) is 4.79 Å². The minimum atomic E-state index is 0.108. The number of allylic oxidation sites excluding steroid dienone is 8. The monoisotopic (exact) mass is 930 g/mol. The number of rotatable bonds is 11. The molecule has 2 aliphatic rings. The molecule has 2 heteroatoms. The Morgan fingerprint density at radius 2 is 0.732 bits per heavy atom. The second-order valence-electron chi connectivity index (χ2n) is 17.6. The highest BCUT2D eigenvalue weighted by Crippen LogP contribution is 2.25. The molecule has 358 valence electrons. The first-order valence-electron chi connectivity index (χ1n) is 25.6. The molecule has 0 aliphatic heterocycles. The van der Waals surface area contributed by atoms with Gasteiger partial charge in [-0.3, -0.25) is 9.78 Å². The first-order chi connectivity index (χ1) is 34.8. The van der Waals surface area contributed by atoms with Crippen molar-refractivity contribution in [3.05, 3.63) is 281 Å². The molecular weight excluding hydrogens is 859 g/mol. The van der Waals surface area contributed by atoms with Crippen molar-refractivity contribution in [1.82, 2.24) is 4.98 Å². The van der Waals surface area contributed by atoms with Crippen LogP contribution < -0.4 is 0 Å². The number of carbonyl (C=O) groups excluding carboxylic acids is 1. The number of hydrogen-bond donors (Lipinski definition) is 0. The van der Waals surface area contributed by atoms with Crippen molar-refractivity contribution < 1.29 is 4.79 Å². The van der Waals surface area contributed by atoms with Crippen LogP contribution in [0.1, 0.15) is 104 Å². The van der Waals surface area contributed by atoms with Crippen molar-refractivity contribution in [1.29, 1.82) is 0 Å². The molecule has 0 saturated heterocycles. The Labute approximate surface area is 425 Å². The summed E-state index contributed by atoms with van der Waals surface area (Å²) in [7, 11) is 0. The van der Waals surface area contributed by atoms with Crippen molar-refractivity contribution in [3.63, 3.8) is 0 Å². The number of ketones is 1. The summed E-state index contributed by atoms with van der Waals surface area (Å²) in [4.78, 5) is 15.4. The summed E-state index contributed by atoms with van der Waals surface area (Å²) in [6, 6.07) is 65.8. The lowest BCUT2D eigenvalue weighted by molar-refractivity contribution is 0.101. The molecule has 2 aliphatic carbocycles. The Hall–Kier alpha value is -7.68. The van der Waals surface area contributed by atoms with Gasteiger partial charge < -0.3 is 0 Å². The maximum absolute atomic E-state index is 11.3. The third-order valence-corrected chi connectivity index (χ3v) is 12.7. The van der Waals surface area contributed by atoms with E-state index in [0.29, 0.717) is 0 Å². The predicted molar refractivity (Wildman–Crippen MR) is 307 cm³/mol. The fourth-order valence-electron chi connectivity index (χ4n) is 8.09. The normalized spacial score (nSPS) is 11.8. The van der Waals surface area contributed by atoms with Crippen molar-refractivity contribution in [2.45, 2.75) is 86.5 Å². The second-order valence-corrected chi connectivity index (χ2v) is 17.6. The number of aromatic nitrogens is 1. The summed E-state index contributed by atoms with van der Waals surface area (Å²) in [6.45, 7) is 12.5. The van der Waals surface area contributed by atoms with Gasteiger partial charge in [-0.15, -0.1) is 0 Å². The largest absolute Gasteiger partial charge is 0.295 e. The van der Waals surface area contributed by atoms with E-state index in [4.69, 9.17) is 0 Å². The van der Waals surface area contributed by atoms with Crippen LogP contribution in [-0.2, 0) is 32.1 Å². The molecule has 0 N–H and O–H groups in total. The smallest absolute Gasteiger partial charge is 0.159 e. The number of hydrogen-bond acceptors (Lipinski definition) is 2. The first-order valence-corrected chi connectivity index (χ1v) is 25.6. The molecule has 0 saturated carbocycles. The standard InChI is InChI=1S/C16H16O.C14H14.C13H13N.2C13H14/c1-3-13-7-9-14(10-8-13)16-6-4-5-15(11-16)12(2)17;1-2-12-8-10-14(11-9-12)13-6-4-3-5-7-13;1-2-11-5-7-12(8-6-11)13-4-3-9-14-10-13;2*1-2-11-7-9-13(10-8-11)12-5-3-4-6-12/h4-11H,3H2,1-2H3;3-11H,2H2,1H3;3-10H,2H2,1H3;2*3,5-10H,2,4H2,1H3. The van der Waals surface area contributed by atoms with Crippen LogP contribution in [0, 0.1) is 0 Å². The number of aryl methyl sites for hydroxylation is 5. The molecule has 0 amide bonds. The molecule has 1 heterocycles. The molecule has 71 heavy (non-hydrogen) atoms. The van der Waals surface area contributed by atoms with Gasteiger partial charge in [-0.25, -0.2) is 0 Å². The molecule has 1 aromatic heterocycles. The topological polar surface area (TPSA) is 30.0 Å². The molecular formula is C69H71NO. The van der Waals surface area contributed by atoms with E-state index in [1.54, 1.807) is 13.1 Å². The zero-order valence-electron chi connectivity index (χ0n) is 42.8. The Kier molecular flexibility index (Phi) is 21.3. The second kappa shape index (κ2) is 28.7. The van der Waals surface area contributed by atoms with Gasteiger partial charge in [-0.05, 0) is 147 Å². The Morgan fingerprint density at radius 1 is 0.380 bits per heavy atom. The van der Waals surface area contributed by atoms with E-state index in [2.05, 4.69) is 228 Å². The number of nitrogens with zero attached hydrogens (tertiary/aromatic N) is 1. The van der Waals surface area contributed by atoms with Crippen LogP contribution in [0.3, 0.4) is 0 Å². The summed E-state index contributed by atoms with van der Waals surface area (Å²) in [5.74, 6) is 0.108. The van der Waals surface area contributed by atoms with Crippen molar-refractivity contribution >= 4 is 16.9 Å². The average molecular weight is 930 g/mol. The molecule has 0 bridgehead atoms. The fraction of sp³-hybridized carbons (Fsp3) is 0.188. The third kappa shape index (κ3) is 16.8. The Bertz CT molecular complexity index is 2780. The first kappa shape index (κ1) is 52.7. The van der Waals surface area contributed by atoms with Crippen LogP contribution in [0.4, 0.5) is 0 Å². The van der Waals surface area contributed by atoms with Crippen LogP contribution in [0.2, 0.25) is 0 Å². The molecule has 0 atom stereocenters. The van der Waals surface area contributed by atoms with Crippen LogP contribution in [0.25, 0.3) is 44.5 Å². The zero-order valence-corrected chi connectivity index (χ0v) is 42.8. The van der Waals surface area contributed by atoms with Gasteiger partial charge in [-0.2, -0.15) is 0 Å². The van der Waals surface area contributed by atoms with Gasteiger partial charge in [0.2, 0.25) is 0 Å². The summed E-state index contributed by atoms with van der Waals surface area (Å²) in [6.07, 6.45) is 24.7. The van der Waals surface area contributed by atoms with Crippen LogP contribution in [0.15, 0.2) is 237 Å². The molecule has 0 radical (unpaired) electrons. The van der Waals surface area contributed by atoms with Crippen molar-refractivity contribution in [2.75, 3.05) is 0 Å². The minimum absolute atomic E-state index is 0.108. The summed E-state index contributed by atoms with van der Waals surface area (Å²) in [5.41, 5.74) is 20.3. The number of pyridine rings is 1. The molecule has 7 aromatic carbocycles. The quantitative estimate of drug-likeness (QED) is 0.121. The van der Waals surface area contributed by atoms with Crippen molar-refractivity contribution in [3.8, 4) is 33.4 Å². The summed E-state index contributed by atoms with van der Waals surface area (Å²) >= 11 is 0. The maximum atomic E-state index is 11.3. The predicted octanol–water partition coefficient (Wildman–Crippen LogP) is 18.5. The SMILES string of the molecule is CCc1ccc(-c2cccc(C(C)=O)c2)cc1.CCc1ccc(-c2ccccc2)cc1.CCc1ccc(-c2cccnc2)cc1.CCc1ccc(C2=CCC=C2)cc1.CCc1ccc(C2=CCC=C2)cc1. The zero-order chi connectivity index (χ0) is 50.0. The van der Waals surface area contributed by atoms with Crippen LogP contribution in [0.5, 0.6) is 0 Å². The van der Waals surface area contributed by atoms with Crippen molar-refractivity contribution in [2.24, 2.45) is 0 Å². The van der Waals surface area contributed by atoms with E-state index in [0.717, 1.165) is 61.6 Å². The third-order valence-electron chi connectivity index (χ3n) is 12.7. The maximum Gasteiger partial charge on any atom is 0.159 e. The Morgan fingerprint density at radius 3 is 1.08 bits per heavy atom. The van der Waals surface area contributed by atoms with E-state index < -0.39 is 0 Å². The highest BCUT2D eigenvalue weighted by Gasteiger charge is 2.04. The van der Waals surface area contributed by atoms with E-state index in [1.165, 1.54) is 72.3 Å². The molecule has 0 unspecified atom stereocenters. The molecule has 8 aromatic rings. The lowest BCUT2D eigenvalue weighted by atomic mass is 10.0. The summed E-state index contributed by atoms with van der Waals surface area (Å²) < 4.78 is 0. The van der Waals surface area contributed by atoms with Gasteiger partial charge in [0.05, 0.1) is 0 Å². The molecule has 10 rings (SSSR count). The highest BCUT2D eigenvalue weighted by molar-refractivity contribution is 5.95. The van der Waals surface area contributed by atoms with Crippen LogP contribution in [-0.4, -0.2) is 10.8 Å². The van der Waals surface area contributed by atoms with Gasteiger partial charge in [0.1, 0.15) is 0 Å². The van der Waals surface area contributed by atoms with Gasteiger partial charge in [0.25, 0.3) is 0 Å². The Balaban J connectivity index is 0.000000146. The molecule has 0 spiro atoms. The van der Waals surface area contributed by atoms with E-state index in [-0.39, 0.29) is 5.78 Å². The van der Waals surface area contributed by atoms with Gasteiger partial charge in [-0.1, -0.05) is 247 Å². The molecule has 2 nitrogen and oxygen atoms in total. The number of carbonyl (C=O) groups is 1. The fourth-order valence-corrected chi connectivity index (χ4v) is 8.09. The van der Waals surface area contributed by atoms with Gasteiger partial charge in [0, 0.05) is 18.0 Å². The summed E-state index contributed by atoms with van der Waals surface area (Å²) in [5, 5.41) is 0. The van der Waals surface area contributed by atoms with Gasteiger partial charge in [0.15, 0.2) is 5.78 Å². The molecule has 0 fully saturated rings. The minimum Gasteiger partial charge on any atom is -0.295 e. The average Bonchev–Trinajstić information content (AvgIpc) is 4.22.